The van der Waals surface area contributed by atoms with Crippen LogP contribution in [-0.2, 0) is 16.1 Å². The molecule has 9 heteroatoms. The monoisotopic (exact) mass is 655 g/mol. The van der Waals surface area contributed by atoms with Crippen molar-refractivity contribution in [2.75, 3.05) is 13.7 Å². The summed E-state index contributed by atoms with van der Waals surface area (Å²) in [6.07, 6.45) is 1.97. The quantitative estimate of drug-likeness (QED) is 0.205. The molecule has 0 N–H and O–H groups in total. The third-order valence-corrected chi connectivity index (χ3v) is 9.35. The molecule has 1 aliphatic heterocycles. The number of esters is 1. The number of rotatable bonds is 7. The van der Waals surface area contributed by atoms with E-state index in [9.17, 15) is 9.59 Å². The van der Waals surface area contributed by atoms with Gasteiger partial charge < -0.3 is 14.0 Å². The van der Waals surface area contributed by atoms with Gasteiger partial charge in [0.2, 0.25) is 0 Å². The summed E-state index contributed by atoms with van der Waals surface area (Å²) in [5.74, 6) is 0.159. The molecule has 7 nitrogen and oxygen atoms in total. The number of carbonyl (C=O) groups excluding carboxylic acids is 1. The maximum absolute atomic E-state index is 14.3. The van der Waals surface area contributed by atoms with E-state index in [0.29, 0.717) is 30.8 Å². The fourth-order valence-electron chi connectivity index (χ4n) is 5.70. The minimum Gasteiger partial charge on any atom is -0.496 e. The number of nitrogens with zero attached hydrogens (tertiary/aromatic N) is 3. The van der Waals surface area contributed by atoms with Crippen LogP contribution in [-0.4, -0.2) is 28.8 Å². The molecule has 3 heterocycles. The molecule has 1 aliphatic rings. The van der Waals surface area contributed by atoms with Crippen molar-refractivity contribution in [3.8, 4) is 5.75 Å². The summed E-state index contributed by atoms with van der Waals surface area (Å²) < 4.78 is 16.0. The zero-order chi connectivity index (χ0) is 30.2. The molecule has 0 bridgehead atoms. The van der Waals surface area contributed by atoms with Gasteiger partial charge in [-0.25, -0.2) is 9.79 Å². The number of allylic oxidation sites excluding steroid dienone is 1. The first-order valence-electron chi connectivity index (χ1n) is 14.0. The highest BCUT2D eigenvalue weighted by Gasteiger charge is 2.33. The van der Waals surface area contributed by atoms with E-state index in [2.05, 4.69) is 51.7 Å². The Labute approximate surface area is 261 Å². The van der Waals surface area contributed by atoms with Gasteiger partial charge in [-0.3, -0.25) is 9.36 Å². The Morgan fingerprint density at radius 2 is 1.81 bits per heavy atom. The summed E-state index contributed by atoms with van der Waals surface area (Å²) >= 11 is 4.89. The molecule has 0 radical (unpaired) electrons. The lowest BCUT2D eigenvalue weighted by Crippen LogP contribution is -2.40. The summed E-state index contributed by atoms with van der Waals surface area (Å²) in [5, 5.41) is 1.07. The van der Waals surface area contributed by atoms with E-state index in [-0.39, 0.29) is 12.2 Å². The first-order valence-corrected chi connectivity index (χ1v) is 15.6. The molecular formula is C34H30BrN3O4S. The lowest BCUT2D eigenvalue weighted by Gasteiger charge is -2.25. The Kier molecular flexibility index (Phi) is 7.94. The van der Waals surface area contributed by atoms with Crippen LogP contribution in [0.25, 0.3) is 17.0 Å². The van der Waals surface area contributed by atoms with Gasteiger partial charge >= 0.3 is 5.97 Å². The third kappa shape index (κ3) is 5.17. The Balaban J connectivity index is 1.56. The summed E-state index contributed by atoms with van der Waals surface area (Å²) in [6.45, 7) is 6.57. The van der Waals surface area contributed by atoms with Crippen molar-refractivity contribution in [1.29, 1.82) is 0 Å². The standard InChI is InChI=1S/C34H30BrN3O4S/c1-5-42-33(40)30-20(2)36-34-38(31(30)23-15-16-28(41-4)26(35)17-23)32(39)29(43-34)18-25-21(3)37(19-22-11-7-6-8-12-22)27-14-10-9-13-24(25)27/h6-18,31H,5,19H2,1-4H3/b29-18+/t31-/m1/s1. The number of aromatic nitrogens is 2. The molecule has 0 unspecified atom stereocenters. The predicted molar refractivity (Wildman–Crippen MR) is 173 cm³/mol. The minimum atomic E-state index is -0.708. The van der Waals surface area contributed by atoms with E-state index in [4.69, 9.17) is 14.5 Å². The van der Waals surface area contributed by atoms with Gasteiger partial charge in [0.05, 0.1) is 40.0 Å². The van der Waals surface area contributed by atoms with Crippen LogP contribution in [0.4, 0.5) is 0 Å². The molecule has 2 aromatic heterocycles. The normalized spacial score (nSPS) is 15.0. The van der Waals surface area contributed by atoms with E-state index in [1.54, 1.807) is 25.5 Å². The molecule has 218 valence electrons. The second-order valence-electron chi connectivity index (χ2n) is 10.3. The fraction of sp³-hybridized carbons (Fsp3) is 0.206. The van der Waals surface area contributed by atoms with Crippen molar-refractivity contribution in [2.45, 2.75) is 33.4 Å². The Hall–Kier alpha value is -4.21. The van der Waals surface area contributed by atoms with Crippen LogP contribution in [0.2, 0.25) is 0 Å². The number of thiazole rings is 1. The Morgan fingerprint density at radius 1 is 1.07 bits per heavy atom. The number of para-hydroxylation sites is 1. The highest BCUT2D eigenvalue weighted by Crippen LogP contribution is 2.35. The maximum Gasteiger partial charge on any atom is 0.338 e. The van der Waals surface area contributed by atoms with E-state index >= 15 is 0 Å². The largest absolute Gasteiger partial charge is 0.496 e. The van der Waals surface area contributed by atoms with Crippen LogP contribution in [0, 0.1) is 6.92 Å². The van der Waals surface area contributed by atoms with Gasteiger partial charge in [0.25, 0.3) is 5.56 Å². The summed E-state index contributed by atoms with van der Waals surface area (Å²) in [7, 11) is 1.59. The lowest BCUT2D eigenvalue weighted by atomic mass is 9.96. The summed E-state index contributed by atoms with van der Waals surface area (Å²) in [6, 6.07) is 23.4. The number of ether oxygens (including phenoxy) is 2. The molecular weight excluding hydrogens is 626 g/mol. The van der Waals surface area contributed by atoms with Gasteiger partial charge in [-0.2, -0.15) is 0 Å². The Morgan fingerprint density at radius 3 is 2.53 bits per heavy atom. The number of carbonyl (C=O) groups is 1. The number of hydrogen-bond acceptors (Lipinski definition) is 6. The molecule has 43 heavy (non-hydrogen) atoms. The Bertz CT molecular complexity index is 2090. The number of hydrogen-bond donors (Lipinski definition) is 0. The smallest absolute Gasteiger partial charge is 0.338 e. The topological polar surface area (TPSA) is 74.8 Å². The second kappa shape index (κ2) is 11.8. The molecule has 0 saturated heterocycles. The van der Waals surface area contributed by atoms with Crippen molar-refractivity contribution < 1.29 is 14.3 Å². The van der Waals surface area contributed by atoms with Crippen molar-refractivity contribution in [1.82, 2.24) is 9.13 Å². The van der Waals surface area contributed by atoms with Gasteiger partial charge in [0.1, 0.15) is 5.75 Å². The number of methoxy groups -OCH3 is 1. The average molecular weight is 657 g/mol. The van der Waals surface area contributed by atoms with Crippen molar-refractivity contribution in [2.24, 2.45) is 4.99 Å². The number of benzene rings is 3. The molecule has 0 fully saturated rings. The molecule has 0 spiro atoms. The molecule has 6 rings (SSSR count). The van der Waals surface area contributed by atoms with Gasteiger partial charge in [-0.15, -0.1) is 0 Å². The first-order chi connectivity index (χ1) is 20.8. The van der Waals surface area contributed by atoms with Gasteiger partial charge in [0.15, 0.2) is 4.80 Å². The van der Waals surface area contributed by atoms with Gasteiger partial charge in [-0.1, -0.05) is 65.9 Å². The molecule has 0 saturated carbocycles. The highest BCUT2D eigenvalue weighted by atomic mass is 79.9. The van der Waals surface area contributed by atoms with Crippen LogP contribution < -0.4 is 19.6 Å². The highest BCUT2D eigenvalue weighted by molar-refractivity contribution is 9.10. The summed E-state index contributed by atoms with van der Waals surface area (Å²) in [5.41, 5.74) is 5.75. The fourth-order valence-corrected chi connectivity index (χ4v) is 7.29. The van der Waals surface area contributed by atoms with Crippen LogP contribution in [0.3, 0.4) is 0 Å². The zero-order valence-electron chi connectivity index (χ0n) is 24.3. The van der Waals surface area contributed by atoms with Crippen LogP contribution >= 0.6 is 27.3 Å². The number of fused-ring (bicyclic) bond motifs is 2. The average Bonchev–Trinajstić information content (AvgIpc) is 3.45. The molecule has 1 atom stereocenters. The minimum absolute atomic E-state index is 0.214. The van der Waals surface area contributed by atoms with Gasteiger partial charge in [0, 0.05) is 28.7 Å². The van der Waals surface area contributed by atoms with Crippen molar-refractivity contribution >= 4 is 50.2 Å². The second-order valence-corrected chi connectivity index (χ2v) is 12.1. The van der Waals surface area contributed by atoms with Crippen LogP contribution in [0.5, 0.6) is 5.75 Å². The molecule has 3 aromatic carbocycles. The predicted octanol–water partition coefficient (Wildman–Crippen LogP) is 5.88. The lowest BCUT2D eigenvalue weighted by molar-refractivity contribution is -0.139. The van der Waals surface area contributed by atoms with E-state index in [0.717, 1.165) is 34.3 Å². The SMILES string of the molecule is CCOC(=O)C1=C(C)N=c2s/c(=C/c3c(C)n(Cc4ccccc4)c4ccccc34)c(=O)n2[C@@H]1c1ccc(OC)c(Br)c1. The van der Waals surface area contributed by atoms with Crippen LogP contribution in [0.1, 0.15) is 42.3 Å². The van der Waals surface area contributed by atoms with E-state index in [1.165, 1.54) is 16.9 Å². The molecule has 5 aromatic rings. The molecule has 0 aliphatic carbocycles. The van der Waals surface area contributed by atoms with Gasteiger partial charge in [-0.05, 0) is 72.1 Å². The third-order valence-electron chi connectivity index (χ3n) is 7.75. The van der Waals surface area contributed by atoms with E-state index < -0.39 is 12.0 Å². The van der Waals surface area contributed by atoms with Crippen molar-refractivity contribution in [3.63, 3.8) is 0 Å². The first kappa shape index (κ1) is 28.9. The summed E-state index contributed by atoms with van der Waals surface area (Å²) in [4.78, 5) is 32.8. The van der Waals surface area contributed by atoms with Crippen LogP contribution in [0.15, 0.2) is 98.3 Å². The maximum atomic E-state index is 14.3. The van der Waals surface area contributed by atoms with E-state index in [1.807, 2.05) is 54.6 Å². The van der Waals surface area contributed by atoms with Crippen molar-refractivity contribution in [3.05, 3.63) is 131 Å². The number of halogens is 1. The molecule has 0 amide bonds. The zero-order valence-corrected chi connectivity index (χ0v) is 26.7.